The van der Waals surface area contributed by atoms with Gasteiger partial charge < -0.3 is 14.4 Å². The first-order chi connectivity index (χ1) is 11.3. The van der Waals surface area contributed by atoms with Gasteiger partial charge in [-0.25, -0.2) is 4.79 Å². The Morgan fingerprint density at radius 1 is 1.13 bits per heavy atom. The second kappa shape index (κ2) is 7.18. The highest BCUT2D eigenvalue weighted by molar-refractivity contribution is 5.68. The van der Waals surface area contributed by atoms with Crippen molar-refractivity contribution in [2.24, 2.45) is 0 Å². The maximum atomic E-state index is 12.3. The van der Waals surface area contributed by atoms with Crippen LogP contribution in [0.4, 0.5) is 4.79 Å². The van der Waals surface area contributed by atoms with Crippen LogP contribution in [-0.2, 0) is 24.3 Å². The molecule has 0 bridgehead atoms. The van der Waals surface area contributed by atoms with Crippen molar-refractivity contribution in [3.8, 4) is 5.75 Å². The van der Waals surface area contributed by atoms with Crippen molar-refractivity contribution in [1.82, 2.24) is 4.90 Å². The van der Waals surface area contributed by atoms with Gasteiger partial charge in [-0.1, -0.05) is 36.4 Å². The molecule has 2 aromatic carbocycles. The van der Waals surface area contributed by atoms with Crippen molar-refractivity contribution in [3.05, 3.63) is 65.2 Å². The van der Waals surface area contributed by atoms with Gasteiger partial charge in [-0.2, -0.15) is 0 Å². The lowest BCUT2D eigenvalue weighted by Crippen LogP contribution is -2.36. The average Bonchev–Trinajstić information content (AvgIpc) is 2.60. The highest BCUT2D eigenvalue weighted by Crippen LogP contribution is 2.24. The number of rotatable bonds is 4. The van der Waals surface area contributed by atoms with E-state index in [2.05, 4.69) is 6.07 Å². The Morgan fingerprint density at radius 3 is 2.74 bits per heavy atom. The number of ether oxygens (including phenoxy) is 2. The zero-order chi connectivity index (χ0) is 16.1. The van der Waals surface area contributed by atoms with Crippen molar-refractivity contribution in [3.63, 3.8) is 0 Å². The first kappa shape index (κ1) is 15.4. The summed E-state index contributed by atoms with van der Waals surface area (Å²) in [6.45, 7) is 4.18. The summed E-state index contributed by atoms with van der Waals surface area (Å²) in [4.78, 5) is 14.0. The molecule has 0 aromatic heterocycles. The highest BCUT2D eigenvalue weighted by atomic mass is 16.6. The van der Waals surface area contributed by atoms with Gasteiger partial charge in [0.1, 0.15) is 12.4 Å². The maximum Gasteiger partial charge on any atom is 0.410 e. The number of hydrogen-bond acceptors (Lipinski definition) is 3. The molecule has 0 spiro atoms. The van der Waals surface area contributed by atoms with E-state index in [9.17, 15) is 4.79 Å². The van der Waals surface area contributed by atoms with Gasteiger partial charge in [0, 0.05) is 13.1 Å². The lowest BCUT2D eigenvalue weighted by Gasteiger charge is -2.28. The van der Waals surface area contributed by atoms with Crippen LogP contribution in [0.3, 0.4) is 0 Å². The van der Waals surface area contributed by atoms with Gasteiger partial charge in [0.05, 0.1) is 6.61 Å². The molecule has 0 atom stereocenters. The fraction of sp³-hybridized carbons (Fsp3) is 0.316. The topological polar surface area (TPSA) is 38.8 Å². The molecule has 1 aliphatic rings. The average molecular weight is 311 g/mol. The van der Waals surface area contributed by atoms with Gasteiger partial charge >= 0.3 is 6.09 Å². The van der Waals surface area contributed by atoms with Crippen LogP contribution in [0.5, 0.6) is 5.75 Å². The SMILES string of the molecule is CCOc1ccc2c(c1)CN(C(=O)OCc1ccccc1)CC2. The fourth-order valence-corrected chi connectivity index (χ4v) is 2.76. The normalized spacial score (nSPS) is 13.3. The molecule has 4 heteroatoms. The molecule has 120 valence electrons. The third-order valence-corrected chi connectivity index (χ3v) is 3.96. The third-order valence-electron chi connectivity index (χ3n) is 3.96. The summed E-state index contributed by atoms with van der Waals surface area (Å²) in [6, 6.07) is 15.8. The summed E-state index contributed by atoms with van der Waals surface area (Å²) in [5.74, 6) is 0.853. The van der Waals surface area contributed by atoms with Crippen molar-refractivity contribution < 1.29 is 14.3 Å². The van der Waals surface area contributed by atoms with Crippen LogP contribution in [0, 0.1) is 0 Å². The molecule has 0 saturated heterocycles. The minimum atomic E-state index is -0.263. The summed E-state index contributed by atoms with van der Waals surface area (Å²) in [7, 11) is 0. The van der Waals surface area contributed by atoms with E-state index in [1.807, 2.05) is 49.4 Å². The molecule has 0 N–H and O–H groups in total. The zero-order valence-electron chi connectivity index (χ0n) is 13.3. The zero-order valence-corrected chi connectivity index (χ0v) is 13.3. The van der Waals surface area contributed by atoms with Crippen LogP contribution in [-0.4, -0.2) is 24.1 Å². The van der Waals surface area contributed by atoms with Crippen LogP contribution < -0.4 is 4.74 Å². The highest BCUT2D eigenvalue weighted by Gasteiger charge is 2.22. The van der Waals surface area contributed by atoms with Crippen LogP contribution in [0.25, 0.3) is 0 Å². The molecule has 0 aliphatic carbocycles. The Bertz CT molecular complexity index is 670. The lowest BCUT2D eigenvalue weighted by atomic mass is 10.00. The van der Waals surface area contributed by atoms with Gasteiger partial charge in [-0.05, 0) is 42.2 Å². The standard InChI is InChI=1S/C19H21NO3/c1-2-22-18-9-8-16-10-11-20(13-17(16)12-18)19(21)23-14-15-6-4-3-5-7-15/h3-9,12H,2,10-11,13-14H2,1H3. The Labute approximate surface area is 136 Å². The minimum Gasteiger partial charge on any atom is -0.494 e. The fourth-order valence-electron chi connectivity index (χ4n) is 2.76. The smallest absolute Gasteiger partial charge is 0.410 e. The monoisotopic (exact) mass is 311 g/mol. The van der Waals surface area contributed by atoms with Crippen molar-refractivity contribution in [2.75, 3.05) is 13.2 Å². The summed E-state index contributed by atoms with van der Waals surface area (Å²) in [6.07, 6.45) is 0.587. The Hall–Kier alpha value is -2.49. The van der Waals surface area contributed by atoms with E-state index in [0.29, 0.717) is 26.3 Å². The molecule has 23 heavy (non-hydrogen) atoms. The number of fused-ring (bicyclic) bond motifs is 1. The molecular formula is C19H21NO3. The van der Waals surface area contributed by atoms with Gasteiger partial charge in [0.15, 0.2) is 0 Å². The molecule has 3 rings (SSSR count). The van der Waals surface area contributed by atoms with E-state index < -0.39 is 0 Å². The number of carbonyl (C=O) groups excluding carboxylic acids is 1. The molecule has 4 nitrogen and oxygen atoms in total. The van der Waals surface area contributed by atoms with Crippen LogP contribution >= 0.6 is 0 Å². The maximum absolute atomic E-state index is 12.3. The Balaban J connectivity index is 1.61. The van der Waals surface area contributed by atoms with E-state index >= 15 is 0 Å². The van der Waals surface area contributed by atoms with Crippen molar-refractivity contribution in [1.29, 1.82) is 0 Å². The van der Waals surface area contributed by atoms with E-state index in [4.69, 9.17) is 9.47 Å². The predicted molar refractivity (Wildman–Crippen MR) is 88.4 cm³/mol. The molecule has 1 amide bonds. The van der Waals surface area contributed by atoms with Crippen LogP contribution in [0.15, 0.2) is 48.5 Å². The van der Waals surface area contributed by atoms with Crippen LogP contribution in [0.1, 0.15) is 23.6 Å². The van der Waals surface area contributed by atoms with E-state index in [0.717, 1.165) is 23.3 Å². The number of hydrogen-bond donors (Lipinski definition) is 0. The molecule has 1 heterocycles. The quantitative estimate of drug-likeness (QED) is 0.862. The summed E-state index contributed by atoms with van der Waals surface area (Å²) >= 11 is 0. The Kier molecular flexibility index (Phi) is 4.81. The molecule has 0 radical (unpaired) electrons. The molecule has 0 saturated carbocycles. The predicted octanol–water partition coefficient (Wildman–Crippen LogP) is 3.78. The lowest BCUT2D eigenvalue weighted by molar-refractivity contribution is 0.0918. The van der Waals surface area contributed by atoms with Gasteiger partial charge in [0.2, 0.25) is 0 Å². The van der Waals surface area contributed by atoms with Gasteiger partial charge in [-0.15, -0.1) is 0 Å². The van der Waals surface area contributed by atoms with E-state index in [1.165, 1.54) is 5.56 Å². The minimum absolute atomic E-state index is 0.263. The van der Waals surface area contributed by atoms with Crippen LogP contribution in [0.2, 0.25) is 0 Å². The molecule has 2 aromatic rings. The molecule has 0 fully saturated rings. The largest absolute Gasteiger partial charge is 0.494 e. The number of amides is 1. The summed E-state index contributed by atoms with van der Waals surface area (Å²) in [5.41, 5.74) is 3.41. The van der Waals surface area contributed by atoms with Gasteiger partial charge in [0.25, 0.3) is 0 Å². The van der Waals surface area contributed by atoms with E-state index in [-0.39, 0.29) is 6.09 Å². The first-order valence-corrected chi connectivity index (χ1v) is 7.96. The van der Waals surface area contributed by atoms with Crippen molar-refractivity contribution >= 4 is 6.09 Å². The summed E-state index contributed by atoms with van der Waals surface area (Å²) < 4.78 is 11.0. The first-order valence-electron chi connectivity index (χ1n) is 7.96. The molecule has 0 unspecified atom stereocenters. The number of benzene rings is 2. The summed E-state index contributed by atoms with van der Waals surface area (Å²) in [5, 5.41) is 0. The Morgan fingerprint density at radius 2 is 1.96 bits per heavy atom. The van der Waals surface area contributed by atoms with Crippen molar-refractivity contribution in [2.45, 2.75) is 26.5 Å². The number of carbonyl (C=O) groups is 1. The van der Waals surface area contributed by atoms with E-state index in [1.54, 1.807) is 4.90 Å². The number of nitrogens with zero attached hydrogens (tertiary/aromatic N) is 1. The second-order valence-electron chi connectivity index (χ2n) is 5.58. The third kappa shape index (κ3) is 3.83. The molecular weight excluding hydrogens is 290 g/mol. The van der Waals surface area contributed by atoms with Gasteiger partial charge in [-0.3, -0.25) is 0 Å². The molecule has 1 aliphatic heterocycles. The second-order valence-corrected chi connectivity index (χ2v) is 5.58.